The minimum absolute atomic E-state index is 0.266. The number of rotatable bonds is 5. The van der Waals surface area contributed by atoms with Crippen molar-refractivity contribution in [2.75, 3.05) is 26.5 Å². The van der Waals surface area contributed by atoms with Crippen molar-refractivity contribution in [2.45, 2.75) is 6.42 Å². The van der Waals surface area contributed by atoms with Crippen LogP contribution in [0.3, 0.4) is 0 Å². The number of benzene rings is 2. The lowest BCUT2D eigenvalue weighted by molar-refractivity contribution is -0.115. The fourth-order valence-electron chi connectivity index (χ4n) is 2.26. The molecule has 0 aromatic heterocycles. The summed E-state index contributed by atoms with van der Waals surface area (Å²) in [5, 5.41) is 2.53. The number of nitrogens with zero attached hydrogens (tertiary/aromatic N) is 1. The minimum atomic E-state index is -0.784. The molecule has 5 nitrogen and oxygen atoms in total. The summed E-state index contributed by atoms with van der Waals surface area (Å²) in [5.41, 5.74) is 0.285. The Labute approximate surface area is 144 Å². The average Bonchev–Trinajstić information content (AvgIpc) is 2.57. The summed E-state index contributed by atoms with van der Waals surface area (Å²) in [5.74, 6) is -2.11. The number of carbonyl (C=O) groups excluding carboxylic acids is 2. The number of hydrogen-bond acceptors (Lipinski definition) is 3. The van der Waals surface area contributed by atoms with E-state index in [1.165, 1.54) is 30.2 Å². The Morgan fingerprint density at radius 3 is 2.32 bits per heavy atom. The predicted octanol–water partition coefficient (Wildman–Crippen LogP) is 2.86. The summed E-state index contributed by atoms with van der Waals surface area (Å²) in [6, 6.07) is 7.95. The molecule has 2 amide bonds. The van der Waals surface area contributed by atoms with Gasteiger partial charge < -0.3 is 15.0 Å². The predicted molar refractivity (Wildman–Crippen MR) is 89.7 cm³/mol. The zero-order valence-electron chi connectivity index (χ0n) is 14.1. The van der Waals surface area contributed by atoms with Crippen LogP contribution in [0.2, 0.25) is 0 Å². The lowest BCUT2D eigenvalue weighted by Gasteiger charge is -2.15. The summed E-state index contributed by atoms with van der Waals surface area (Å²) in [4.78, 5) is 25.6. The summed E-state index contributed by atoms with van der Waals surface area (Å²) >= 11 is 0. The van der Waals surface area contributed by atoms with E-state index in [1.54, 1.807) is 20.2 Å². The van der Waals surface area contributed by atoms with Crippen molar-refractivity contribution in [3.8, 4) is 5.75 Å². The van der Waals surface area contributed by atoms with Crippen LogP contribution in [0.15, 0.2) is 36.4 Å². The van der Waals surface area contributed by atoms with E-state index in [-0.39, 0.29) is 17.0 Å². The van der Waals surface area contributed by atoms with Crippen molar-refractivity contribution >= 4 is 17.5 Å². The Hall–Kier alpha value is -2.96. The second kappa shape index (κ2) is 7.74. The van der Waals surface area contributed by atoms with Crippen molar-refractivity contribution in [1.82, 2.24) is 4.90 Å². The van der Waals surface area contributed by atoms with Crippen LogP contribution < -0.4 is 10.1 Å². The molecule has 0 heterocycles. The van der Waals surface area contributed by atoms with E-state index in [0.717, 1.165) is 12.1 Å². The smallest absolute Gasteiger partial charge is 0.257 e. The van der Waals surface area contributed by atoms with Gasteiger partial charge in [-0.2, -0.15) is 0 Å². The second-order valence-electron chi connectivity index (χ2n) is 5.54. The zero-order chi connectivity index (χ0) is 18.6. The van der Waals surface area contributed by atoms with Crippen molar-refractivity contribution in [2.24, 2.45) is 0 Å². The van der Waals surface area contributed by atoms with Gasteiger partial charge in [-0.1, -0.05) is 6.07 Å². The standard InChI is InChI=1S/C18H18F2N2O3/c1-22(2)18(24)13-9-11(7-8-16(13)25-3)21-17(23)10-12-14(19)5-4-6-15(12)20/h4-9H,10H2,1-3H3,(H,21,23). The highest BCUT2D eigenvalue weighted by Gasteiger charge is 2.17. The fourth-order valence-corrected chi connectivity index (χ4v) is 2.26. The van der Waals surface area contributed by atoms with Crippen molar-refractivity contribution < 1.29 is 23.1 Å². The minimum Gasteiger partial charge on any atom is -0.496 e. The SMILES string of the molecule is COc1ccc(NC(=O)Cc2c(F)cccc2F)cc1C(=O)N(C)C. The van der Waals surface area contributed by atoms with Crippen LogP contribution in [-0.4, -0.2) is 37.9 Å². The van der Waals surface area contributed by atoms with Crippen molar-refractivity contribution in [3.63, 3.8) is 0 Å². The molecular formula is C18H18F2N2O3. The Bertz CT molecular complexity index is 787. The monoisotopic (exact) mass is 348 g/mol. The van der Waals surface area contributed by atoms with Crippen LogP contribution in [0.4, 0.5) is 14.5 Å². The first-order valence-corrected chi connectivity index (χ1v) is 7.46. The molecule has 0 spiro atoms. The number of amides is 2. The van der Waals surface area contributed by atoms with Gasteiger partial charge in [-0.05, 0) is 30.3 Å². The molecule has 0 aliphatic rings. The van der Waals surface area contributed by atoms with Crippen LogP contribution in [0.1, 0.15) is 15.9 Å². The number of ether oxygens (including phenoxy) is 1. The van der Waals surface area contributed by atoms with Gasteiger partial charge in [-0.25, -0.2) is 8.78 Å². The van der Waals surface area contributed by atoms with Gasteiger partial charge in [0.15, 0.2) is 0 Å². The highest BCUT2D eigenvalue weighted by atomic mass is 19.1. The molecule has 0 aliphatic carbocycles. The van der Waals surface area contributed by atoms with E-state index in [1.807, 2.05) is 0 Å². The number of halogens is 2. The van der Waals surface area contributed by atoms with Gasteiger partial charge in [0.05, 0.1) is 19.1 Å². The highest BCUT2D eigenvalue weighted by Crippen LogP contribution is 2.24. The number of anilines is 1. The maximum atomic E-state index is 13.6. The van der Waals surface area contributed by atoms with E-state index in [0.29, 0.717) is 11.4 Å². The average molecular weight is 348 g/mol. The van der Waals surface area contributed by atoms with Gasteiger partial charge >= 0.3 is 0 Å². The van der Waals surface area contributed by atoms with Crippen LogP contribution in [0, 0.1) is 11.6 Å². The fraction of sp³-hybridized carbons (Fsp3) is 0.222. The number of carbonyl (C=O) groups is 2. The quantitative estimate of drug-likeness (QED) is 0.904. The van der Waals surface area contributed by atoms with Crippen LogP contribution >= 0.6 is 0 Å². The summed E-state index contributed by atoms with van der Waals surface area (Å²) < 4.78 is 32.4. The van der Waals surface area contributed by atoms with E-state index in [4.69, 9.17) is 4.74 Å². The first-order chi connectivity index (χ1) is 11.8. The molecule has 0 aliphatic heterocycles. The molecule has 132 valence electrons. The molecule has 0 atom stereocenters. The highest BCUT2D eigenvalue weighted by molar-refractivity contribution is 5.99. The zero-order valence-corrected chi connectivity index (χ0v) is 14.1. The molecule has 0 bridgehead atoms. The second-order valence-corrected chi connectivity index (χ2v) is 5.54. The number of hydrogen-bond donors (Lipinski definition) is 1. The molecule has 2 aromatic rings. The van der Waals surface area contributed by atoms with E-state index >= 15 is 0 Å². The van der Waals surface area contributed by atoms with Gasteiger partial charge in [0.25, 0.3) is 5.91 Å². The maximum Gasteiger partial charge on any atom is 0.257 e. The molecule has 0 fully saturated rings. The maximum absolute atomic E-state index is 13.6. The van der Waals surface area contributed by atoms with E-state index in [2.05, 4.69) is 5.32 Å². The van der Waals surface area contributed by atoms with Crippen LogP contribution in [0.5, 0.6) is 5.75 Å². The molecule has 0 unspecified atom stereocenters. The molecule has 0 saturated carbocycles. The van der Waals surface area contributed by atoms with Crippen LogP contribution in [0.25, 0.3) is 0 Å². The van der Waals surface area contributed by atoms with Gasteiger partial charge in [0.1, 0.15) is 17.4 Å². The lowest BCUT2D eigenvalue weighted by Crippen LogP contribution is -2.23. The molecule has 25 heavy (non-hydrogen) atoms. The summed E-state index contributed by atoms with van der Waals surface area (Å²) in [6.07, 6.45) is -0.457. The molecule has 0 radical (unpaired) electrons. The lowest BCUT2D eigenvalue weighted by atomic mass is 10.1. The van der Waals surface area contributed by atoms with Crippen molar-refractivity contribution in [1.29, 1.82) is 0 Å². The third-order valence-corrected chi connectivity index (χ3v) is 3.52. The first kappa shape index (κ1) is 18.4. The van der Waals surface area contributed by atoms with E-state index < -0.39 is 24.0 Å². The summed E-state index contributed by atoms with van der Waals surface area (Å²) in [6.45, 7) is 0. The first-order valence-electron chi connectivity index (χ1n) is 7.46. The molecular weight excluding hydrogens is 330 g/mol. The van der Waals surface area contributed by atoms with Gasteiger partial charge in [0, 0.05) is 25.3 Å². The largest absolute Gasteiger partial charge is 0.496 e. The van der Waals surface area contributed by atoms with Crippen LogP contribution in [-0.2, 0) is 11.2 Å². The number of methoxy groups -OCH3 is 1. The van der Waals surface area contributed by atoms with Gasteiger partial charge in [-0.3, -0.25) is 9.59 Å². The van der Waals surface area contributed by atoms with Gasteiger partial charge in [0.2, 0.25) is 5.91 Å². The molecule has 2 aromatic carbocycles. The molecule has 7 heteroatoms. The number of nitrogens with one attached hydrogen (secondary N) is 1. The van der Waals surface area contributed by atoms with E-state index in [9.17, 15) is 18.4 Å². The third-order valence-electron chi connectivity index (χ3n) is 3.52. The molecule has 1 N–H and O–H groups in total. The Morgan fingerprint density at radius 1 is 1.12 bits per heavy atom. The van der Waals surface area contributed by atoms with Gasteiger partial charge in [-0.15, -0.1) is 0 Å². The Balaban J connectivity index is 2.21. The Morgan fingerprint density at radius 2 is 1.76 bits per heavy atom. The molecule has 2 rings (SSSR count). The summed E-state index contributed by atoms with van der Waals surface area (Å²) in [7, 11) is 4.61. The Kier molecular flexibility index (Phi) is 5.69. The third kappa shape index (κ3) is 4.32. The topological polar surface area (TPSA) is 58.6 Å². The normalized spacial score (nSPS) is 10.3. The van der Waals surface area contributed by atoms with Crippen molar-refractivity contribution in [3.05, 3.63) is 59.2 Å². The molecule has 0 saturated heterocycles.